The number of para-hydroxylation sites is 1. The van der Waals surface area contributed by atoms with Crippen molar-refractivity contribution >= 4 is 34.6 Å². The summed E-state index contributed by atoms with van der Waals surface area (Å²) in [6, 6.07) is 17.5. The maximum atomic E-state index is 13.2. The smallest absolute Gasteiger partial charge is 0.274 e. The zero-order chi connectivity index (χ0) is 20.2. The van der Waals surface area contributed by atoms with Gasteiger partial charge < -0.3 is 4.57 Å². The van der Waals surface area contributed by atoms with Crippen molar-refractivity contribution in [1.82, 2.24) is 15.0 Å². The van der Waals surface area contributed by atoms with Crippen LogP contribution in [0, 0.1) is 5.82 Å². The minimum absolute atomic E-state index is 0.121. The van der Waals surface area contributed by atoms with Gasteiger partial charge in [0.25, 0.3) is 5.91 Å². The van der Waals surface area contributed by atoms with Gasteiger partial charge in [-0.2, -0.15) is 5.10 Å². The van der Waals surface area contributed by atoms with E-state index < -0.39 is 5.91 Å². The highest BCUT2D eigenvalue weighted by Crippen LogP contribution is 2.21. The van der Waals surface area contributed by atoms with Crippen molar-refractivity contribution in [3.05, 3.63) is 101 Å². The second kappa shape index (κ2) is 8.24. The Morgan fingerprint density at radius 1 is 1.14 bits per heavy atom. The molecule has 1 N–H and O–H groups in total. The van der Waals surface area contributed by atoms with Gasteiger partial charge in [-0.05, 0) is 35.9 Å². The number of hydrazone groups is 1. The van der Waals surface area contributed by atoms with Crippen molar-refractivity contribution in [3.63, 3.8) is 0 Å². The number of carbonyl (C=O) groups excluding carboxylic acids is 1. The van der Waals surface area contributed by atoms with Gasteiger partial charge in [0.2, 0.25) is 0 Å². The third-order valence-corrected chi connectivity index (χ3v) is 4.76. The fraction of sp³-hybridized carbons (Fsp3) is 0.0455. The first-order valence-corrected chi connectivity index (χ1v) is 9.26. The average molecular weight is 407 g/mol. The van der Waals surface area contributed by atoms with E-state index in [4.69, 9.17) is 11.6 Å². The number of aromatic nitrogens is 2. The molecule has 0 aliphatic carbocycles. The van der Waals surface area contributed by atoms with E-state index in [0.29, 0.717) is 6.54 Å². The summed E-state index contributed by atoms with van der Waals surface area (Å²) in [5, 5.41) is 5.18. The molecule has 7 heteroatoms. The minimum Gasteiger partial charge on any atom is -0.342 e. The number of hydrogen-bond donors (Lipinski definition) is 1. The Bertz CT molecular complexity index is 1200. The molecule has 2 aromatic heterocycles. The first-order chi connectivity index (χ1) is 14.1. The number of rotatable bonds is 5. The molecular weight excluding hydrogens is 391 g/mol. The van der Waals surface area contributed by atoms with Crippen LogP contribution in [0.4, 0.5) is 4.39 Å². The summed E-state index contributed by atoms with van der Waals surface area (Å²) in [5.41, 5.74) is 5.57. The van der Waals surface area contributed by atoms with Gasteiger partial charge >= 0.3 is 0 Å². The number of fused-ring (bicyclic) bond motifs is 1. The molecule has 0 saturated heterocycles. The Morgan fingerprint density at radius 2 is 1.93 bits per heavy atom. The molecule has 144 valence electrons. The van der Waals surface area contributed by atoms with Crippen LogP contribution >= 0.6 is 11.6 Å². The molecule has 0 atom stereocenters. The second-order valence-corrected chi connectivity index (χ2v) is 6.75. The van der Waals surface area contributed by atoms with Gasteiger partial charge in [-0.25, -0.2) is 14.8 Å². The molecule has 0 radical (unpaired) electrons. The summed E-state index contributed by atoms with van der Waals surface area (Å²) >= 11 is 5.93. The van der Waals surface area contributed by atoms with Crippen molar-refractivity contribution in [2.24, 2.45) is 5.10 Å². The predicted molar refractivity (Wildman–Crippen MR) is 112 cm³/mol. The summed E-state index contributed by atoms with van der Waals surface area (Å²) in [5.74, 6) is -0.696. The third-order valence-electron chi connectivity index (χ3n) is 4.46. The van der Waals surface area contributed by atoms with E-state index in [-0.39, 0.29) is 16.5 Å². The highest BCUT2D eigenvalue weighted by Gasteiger charge is 2.10. The standard InChI is InChI=1S/C22H16ClFN4O/c23-21-19(5-3-11-25-21)22(29)27-26-12-16-14-28(20-6-2-1-4-18(16)20)13-15-7-9-17(24)10-8-15/h1-12,14H,13H2,(H,27,29). The van der Waals surface area contributed by atoms with Gasteiger partial charge in [0.1, 0.15) is 11.0 Å². The van der Waals surface area contributed by atoms with Crippen molar-refractivity contribution in [3.8, 4) is 0 Å². The van der Waals surface area contributed by atoms with Crippen molar-refractivity contribution < 1.29 is 9.18 Å². The molecular formula is C22H16ClFN4O. The fourth-order valence-electron chi connectivity index (χ4n) is 3.07. The number of hydrogen-bond acceptors (Lipinski definition) is 3. The van der Waals surface area contributed by atoms with Gasteiger partial charge in [-0.1, -0.05) is 41.9 Å². The lowest BCUT2D eigenvalue weighted by atomic mass is 10.2. The van der Waals surface area contributed by atoms with E-state index in [1.807, 2.05) is 30.5 Å². The number of carbonyl (C=O) groups is 1. The van der Waals surface area contributed by atoms with E-state index in [2.05, 4.69) is 20.1 Å². The number of amides is 1. The largest absolute Gasteiger partial charge is 0.342 e. The third kappa shape index (κ3) is 4.17. The highest BCUT2D eigenvalue weighted by atomic mass is 35.5. The van der Waals surface area contributed by atoms with E-state index >= 15 is 0 Å². The van der Waals surface area contributed by atoms with E-state index in [1.165, 1.54) is 18.3 Å². The molecule has 0 unspecified atom stereocenters. The lowest BCUT2D eigenvalue weighted by Gasteiger charge is -2.05. The lowest BCUT2D eigenvalue weighted by Crippen LogP contribution is -2.18. The summed E-state index contributed by atoms with van der Waals surface area (Å²) in [4.78, 5) is 16.1. The monoisotopic (exact) mass is 406 g/mol. The molecule has 0 aliphatic heterocycles. The number of nitrogens with zero attached hydrogens (tertiary/aromatic N) is 3. The first kappa shape index (κ1) is 18.8. The number of benzene rings is 2. The first-order valence-electron chi connectivity index (χ1n) is 8.88. The zero-order valence-electron chi connectivity index (χ0n) is 15.2. The van der Waals surface area contributed by atoms with Gasteiger partial charge in [0, 0.05) is 35.4 Å². The van der Waals surface area contributed by atoms with Crippen LogP contribution < -0.4 is 5.43 Å². The van der Waals surface area contributed by atoms with Crippen LogP contribution in [0.3, 0.4) is 0 Å². The SMILES string of the molecule is O=C(NN=Cc1cn(Cc2ccc(F)cc2)c2ccccc12)c1cccnc1Cl. The number of pyridine rings is 1. The average Bonchev–Trinajstić information content (AvgIpc) is 3.08. The molecule has 0 saturated carbocycles. The molecule has 0 fully saturated rings. The molecule has 29 heavy (non-hydrogen) atoms. The van der Waals surface area contributed by atoms with Crippen LogP contribution in [0.1, 0.15) is 21.5 Å². The predicted octanol–water partition coefficient (Wildman–Crippen LogP) is 4.64. The maximum absolute atomic E-state index is 13.2. The Morgan fingerprint density at radius 3 is 2.72 bits per heavy atom. The molecule has 0 bridgehead atoms. The Balaban J connectivity index is 1.57. The summed E-state index contributed by atoms with van der Waals surface area (Å²) in [6.07, 6.45) is 5.05. The molecule has 5 nitrogen and oxygen atoms in total. The van der Waals surface area contributed by atoms with Gasteiger partial charge in [0.15, 0.2) is 0 Å². The minimum atomic E-state index is -0.436. The van der Waals surface area contributed by atoms with Crippen LogP contribution in [0.15, 0.2) is 78.2 Å². The molecule has 0 aliphatic rings. The fourth-order valence-corrected chi connectivity index (χ4v) is 3.28. The van der Waals surface area contributed by atoms with Crippen LogP contribution in [0.5, 0.6) is 0 Å². The Labute approximate surface area is 171 Å². The highest BCUT2D eigenvalue weighted by molar-refractivity contribution is 6.32. The number of halogens is 2. The molecule has 1 amide bonds. The van der Waals surface area contributed by atoms with Crippen molar-refractivity contribution in [2.75, 3.05) is 0 Å². The molecule has 4 aromatic rings. The normalized spacial score (nSPS) is 11.2. The summed E-state index contributed by atoms with van der Waals surface area (Å²) in [6.45, 7) is 0.590. The second-order valence-electron chi connectivity index (χ2n) is 6.40. The van der Waals surface area contributed by atoms with Crippen LogP contribution in [-0.2, 0) is 6.54 Å². The summed E-state index contributed by atoms with van der Waals surface area (Å²) in [7, 11) is 0. The Hall–Kier alpha value is -3.51. The van der Waals surface area contributed by atoms with Crippen LogP contribution in [0.2, 0.25) is 5.15 Å². The zero-order valence-corrected chi connectivity index (χ0v) is 16.0. The molecule has 2 aromatic carbocycles. The van der Waals surface area contributed by atoms with Crippen molar-refractivity contribution in [1.29, 1.82) is 0 Å². The van der Waals surface area contributed by atoms with Crippen LogP contribution in [0.25, 0.3) is 10.9 Å². The maximum Gasteiger partial charge on any atom is 0.274 e. The Kier molecular flexibility index (Phi) is 5.35. The topological polar surface area (TPSA) is 59.3 Å². The molecule has 2 heterocycles. The van der Waals surface area contributed by atoms with E-state index in [0.717, 1.165) is 22.0 Å². The summed E-state index contributed by atoms with van der Waals surface area (Å²) < 4.78 is 15.2. The van der Waals surface area contributed by atoms with E-state index in [9.17, 15) is 9.18 Å². The van der Waals surface area contributed by atoms with Gasteiger partial charge in [0.05, 0.1) is 11.8 Å². The van der Waals surface area contributed by atoms with Crippen LogP contribution in [-0.4, -0.2) is 21.7 Å². The number of nitrogens with one attached hydrogen (secondary N) is 1. The van der Waals surface area contributed by atoms with Gasteiger partial charge in [-0.15, -0.1) is 0 Å². The lowest BCUT2D eigenvalue weighted by molar-refractivity contribution is 0.0955. The molecule has 4 rings (SSSR count). The van der Waals surface area contributed by atoms with E-state index in [1.54, 1.807) is 30.5 Å². The quantitative estimate of drug-likeness (QED) is 0.298. The van der Waals surface area contributed by atoms with Gasteiger partial charge in [-0.3, -0.25) is 4.79 Å². The van der Waals surface area contributed by atoms with Crippen molar-refractivity contribution in [2.45, 2.75) is 6.54 Å². The molecule has 0 spiro atoms.